The summed E-state index contributed by atoms with van der Waals surface area (Å²) < 4.78 is 12.6. The van der Waals surface area contributed by atoms with E-state index in [0.717, 1.165) is 39.0 Å². The van der Waals surface area contributed by atoms with Crippen molar-refractivity contribution in [2.45, 2.75) is 19.3 Å². The molecule has 1 aromatic heterocycles. The van der Waals surface area contributed by atoms with Crippen LogP contribution >= 0.6 is 0 Å². The van der Waals surface area contributed by atoms with Gasteiger partial charge in [0, 0.05) is 27.1 Å². The lowest BCUT2D eigenvalue weighted by atomic mass is 9.78. The maximum Gasteiger partial charge on any atom is 0.135 e. The number of ether oxygens (including phenoxy) is 1. The van der Waals surface area contributed by atoms with Crippen molar-refractivity contribution in [1.29, 1.82) is 0 Å². The average molecular weight is 627 g/mol. The Labute approximate surface area is 283 Å². The Balaban J connectivity index is 1.14. The zero-order chi connectivity index (χ0) is 32.4. The molecule has 2 heterocycles. The Morgan fingerprint density at radius 2 is 1.16 bits per heavy atom. The Bertz CT molecular complexity index is 2880. The van der Waals surface area contributed by atoms with E-state index in [2.05, 4.69) is 147 Å². The van der Waals surface area contributed by atoms with Gasteiger partial charge >= 0.3 is 0 Å². The van der Waals surface area contributed by atoms with E-state index in [4.69, 9.17) is 9.15 Å². The van der Waals surface area contributed by atoms with Crippen molar-refractivity contribution in [3.8, 4) is 56.0 Å². The van der Waals surface area contributed by atoms with E-state index in [1.807, 2.05) is 12.1 Å². The molecule has 8 aromatic carbocycles. The quantitative estimate of drug-likeness (QED) is 0.190. The molecular weight excluding hydrogens is 597 g/mol. The van der Waals surface area contributed by atoms with Crippen LogP contribution in [0.4, 0.5) is 0 Å². The van der Waals surface area contributed by atoms with Crippen LogP contribution in [0.25, 0.3) is 88.0 Å². The highest BCUT2D eigenvalue weighted by Gasteiger charge is 2.39. The molecule has 0 saturated heterocycles. The highest BCUT2D eigenvalue weighted by atomic mass is 16.5. The van der Waals surface area contributed by atoms with Crippen molar-refractivity contribution in [2.24, 2.45) is 0 Å². The van der Waals surface area contributed by atoms with Crippen LogP contribution in [-0.4, -0.2) is 0 Å². The van der Waals surface area contributed by atoms with Crippen LogP contribution in [0.2, 0.25) is 0 Å². The molecule has 0 spiro atoms. The lowest BCUT2D eigenvalue weighted by Crippen LogP contribution is -2.15. The number of hydrogen-bond acceptors (Lipinski definition) is 2. The fourth-order valence-corrected chi connectivity index (χ4v) is 8.81. The molecule has 9 aromatic rings. The van der Waals surface area contributed by atoms with Crippen LogP contribution in [-0.2, 0) is 5.41 Å². The second-order valence-electron chi connectivity index (χ2n) is 14.0. The summed E-state index contributed by atoms with van der Waals surface area (Å²) in [6.07, 6.45) is 0. The van der Waals surface area contributed by atoms with E-state index < -0.39 is 0 Å². The first kappa shape index (κ1) is 26.9. The molecule has 0 atom stereocenters. The molecule has 1 aliphatic carbocycles. The normalized spacial score (nSPS) is 13.8. The molecule has 0 bridgehead atoms. The second-order valence-corrected chi connectivity index (χ2v) is 14.0. The van der Waals surface area contributed by atoms with Gasteiger partial charge in [0.15, 0.2) is 0 Å². The smallest absolute Gasteiger partial charge is 0.135 e. The zero-order valence-corrected chi connectivity index (χ0v) is 27.2. The standard InChI is InChI=1S/C47H30O2/c1-47(2)39-26-29(30-21-23-43-44-34(30)14-9-15-35(44)32-12-5-7-16-40(32)49-43)18-20-36(39)45-37(24-27-10-3-4-11-31(27)46(45)47)28-19-22-42-38(25-28)33-13-6-8-17-41(33)48-42/h3-26H,1-2H3. The molecule has 1 aliphatic heterocycles. The summed E-state index contributed by atoms with van der Waals surface area (Å²) in [7, 11) is 0. The van der Waals surface area contributed by atoms with Gasteiger partial charge in [-0.05, 0) is 109 Å². The van der Waals surface area contributed by atoms with Crippen molar-refractivity contribution < 1.29 is 9.15 Å². The largest absolute Gasteiger partial charge is 0.456 e. The van der Waals surface area contributed by atoms with Gasteiger partial charge in [0.2, 0.25) is 0 Å². The van der Waals surface area contributed by atoms with Crippen LogP contribution in [0.15, 0.2) is 150 Å². The van der Waals surface area contributed by atoms with Gasteiger partial charge in [-0.25, -0.2) is 0 Å². The van der Waals surface area contributed by atoms with Gasteiger partial charge in [-0.2, -0.15) is 0 Å². The van der Waals surface area contributed by atoms with Crippen LogP contribution in [0, 0.1) is 0 Å². The molecule has 11 rings (SSSR count). The van der Waals surface area contributed by atoms with Gasteiger partial charge in [-0.1, -0.05) is 117 Å². The maximum atomic E-state index is 6.43. The molecule has 2 heteroatoms. The summed E-state index contributed by atoms with van der Waals surface area (Å²) in [6, 6.07) is 52.7. The van der Waals surface area contributed by atoms with Crippen LogP contribution in [0.1, 0.15) is 25.0 Å². The summed E-state index contributed by atoms with van der Waals surface area (Å²) in [6.45, 7) is 4.79. The van der Waals surface area contributed by atoms with Crippen LogP contribution in [0.3, 0.4) is 0 Å². The molecule has 0 fully saturated rings. The van der Waals surface area contributed by atoms with E-state index in [9.17, 15) is 0 Å². The topological polar surface area (TPSA) is 22.4 Å². The molecular formula is C47H30O2. The fourth-order valence-electron chi connectivity index (χ4n) is 8.81. The van der Waals surface area contributed by atoms with Gasteiger partial charge in [-0.3, -0.25) is 0 Å². The molecule has 0 amide bonds. The van der Waals surface area contributed by atoms with Gasteiger partial charge in [-0.15, -0.1) is 0 Å². The highest BCUT2D eigenvalue weighted by Crippen LogP contribution is 2.56. The lowest BCUT2D eigenvalue weighted by Gasteiger charge is -2.25. The third kappa shape index (κ3) is 3.61. The molecule has 230 valence electrons. The average Bonchev–Trinajstić information content (AvgIpc) is 3.63. The number of hydrogen-bond donors (Lipinski definition) is 0. The Morgan fingerprint density at radius 3 is 2.10 bits per heavy atom. The van der Waals surface area contributed by atoms with Gasteiger partial charge in [0.25, 0.3) is 0 Å². The Hall–Kier alpha value is -6.12. The van der Waals surface area contributed by atoms with E-state index >= 15 is 0 Å². The summed E-state index contributed by atoms with van der Waals surface area (Å²) in [5.41, 5.74) is 14.3. The molecule has 0 radical (unpaired) electrons. The minimum absolute atomic E-state index is 0.211. The van der Waals surface area contributed by atoms with Crippen LogP contribution in [0.5, 0.6) is 11.5 Å². The molecule has 0 N–H and O–H groups in total. The lowest BCUT2D eigenvalue weighted by molar-refractivity contribution is 0.487. The van der Waals surface area contributed by atoms with E-state index in [0.29, 0.717) is 0 Å². The molecule has 0 unspecified atom stereocenters. The zero-order valence-electron chi connectivity index (χ0n) is 27.2. The minimum atomic E-state index is -0.211. The van der Waals surface area contributed by atoms with Crippen LogP contribution < -0.4 is 4.74 Å². The highest BCUT2D eigenvalue weighted by molar-refractivity contribution is 6.12. The van der Waals surface area contributed by atoms with Gasteiger partial charge < -0.3 is 9.15 Å². The molecule has 49 heavy (non-hydrogen) atoms. The number of benzene rings is 8. The third-order valence-corrected chi connectivity index (χ3v) is 11.0. The number of furan rings is 1. The maximum absolute atomic E-state index is 6.43. The molecule has 2 nitrogen and oxygen atoms in total. The monoisotopic (exact) mass is 626 g/mol. The molecule has 2 aliphatic rings. The summed E-state index contributed by atoms with van der Waals surface area (Å²) in [5, 5.41) is 7.27. The first-order valence-corrected chi connectivity index (χ1v) is 17.0. The predicted molar refractivity (Wildman–Crippen MR) is 203 cm³/mol. The van der Waals surface area contributed by atoms with E-state index in [1.165, 1.54) is 71.6 Å². The SMILES string of the molecule is CC1(C)c2cc(-c3ccc4c5c(cccc35)-c3ccccc3O4)ccc2-c2c(-c3ccc4oc5ccccc5c4c3)cc3ccccc3c21. The summed E-state index contributed by atoms with van der Waals surface area (Å²) in [5.74, 6) is 1.83. The first-order valence-electron chi connectivity index (χ1n) is 17.0. The van der Waals surface area contributed by atoms with Gasteiger partial charge in [0.05, 0.1) is 0 Å². The second kappa shape index (κ2) is 9.49. The van der Waals surface area contributed by atoms with Crippen molar-refractivity contribution >= 4 is 43.5 Å². The third-order valence-electron chi connectivity index (χ3n) is 11.0. The van der Waals surface area contributed by atoms with Gasteiger partial charge in [0.1, 0.15) is 22.7 Å². The Kier molecular flexibility index (Phi) is 5.21. The fraction of sp³-hybridized carbons (Fsp3) is 0.0638. The summed E-state index contributed by atoms with van der Waals surface area (Å²) >= 11 is 0. The number of para-hydroxylation sites is 2. The Morgan fingerprint density at radius 1 is 0.449 bits per heavy atom. The first-order chi connectivity index (χ1) is 24.0. The van der Waals surface area contributed by atoms with Crippen molar-refractivity contribution in [1.82, 2.24) is 0 Å². The van der Waals surface area contributed by atoms with E-state index in [-0.39, 0.29) is 5.41 Å². The van der Waals surface area contributed by atoms with Crippen molar-refractivity contribution in [3.05, 3.63) is 157 Å². The van der Waals surface area contributed by atoms with Crippen molar-refractivity contribution in [2.75, 3.05) is 0 Å². The number of fused-ring (bicyclic) bond motifs is 10. The molecule has 0 saturated carbocycles. The number of rotatable bonds is 2. The van der Waals surface area contributed by atoms with E-state index in [1.54, 1.807) is 0 Å². The summed E-state index contributed by atoms with van der Waals surface area (Å²) in [4.78, 5) is 0. The predicted octanol–water partition coefficient (Wildman–Crippen LogP) is 13.3. The van der Waals surface area contributed by atoms with Crippen molar-refractivity contribution in [3.63, 3.8) is 0 Å². The minimum Gasteiger partial charge on any atom is -0.456 e.